The molecule has 2 N–H and O–H groups in total. The van der Waals surface area contributed by atoms with Crippen molar-refractivity contribution in [3.63, 3.8) is 0 Å². The number of hydrogen-bond donors (Lipinski definition) is 1. The Bertz CT molecular complexity index is 13.5. The fourth-order valence-corrected chi connectivity index (χ4v) is 0. The van der Waals surface area contributed by atoms with E-state index in [1.54, 1.807) is 0 Å². The Morgan fingerprint density at radius 2 is 1.75 bits per heavy atom. The van der Waals surface area contributed by atoms with Crippen molar-refractivity contribution in [2.24, 2.45) is 5.73 Å². The third-order valence-corrected chi connectivity index (χ3v) is 0. The molecule has 0 aromatic heterocycles. The molecule has 0 amide bonds. The third kappa shape index (κ3) is 28.5. The van der Waals surface area contributed by atoms with Gasteiger partial charge in [-0.25, -0.2) is 0 Å². The summed E-state index contributed by atoms with van der Waals surface area (Å²) in [5.41, 5.74) is 4.61. The molecule has 0 aromatic rings. The first-order valence-electron chi connectivity index (χ1n) is 0.742. The monoisotopic (exact) mass is 161 g/mol. The molecule has 0 aromatic carbocycles. The van der Waals surface area contributed by atoms with Crippen LogP contribution in [0.15, 0.2) is 12.8 Å². The fraction of sp³-hybridized carbons (Fsp3) is 0. The molecule has 0 saturated carbocycles. The first kappa shape index (κ1) is 8.83. The minimum atomic E-state index is 0. The zero-order chi connectivity index (χ0) is 2.71. The average Bonchev–Trinajstić information content (AvgIpc) is 0.918. The Balaban J connectivity index is 0. The van der Waals surface area contributed by atoms with E-state index in [4.69, 9.17) is 0 Å². The molecule has 0 unspecified atom stereocenters. The van der Waals surface area contributed by atoms with Gasteiger partial charge < -0.3 is 5.73 Å². The second kappa shape index (κ2) is 9.96. The summed E-state index contributed by atoms with van der Waals surface area (Å²) < 4.78 is 0. The van der Waals surface area contributed by atoms with E-state index in [0.717, 1.165) is 0 Å². The molecule has 0 aliphatic carbocycles. The summed E-state index contributed by atoms with van der Waals surface area (Å²) >= 11 is 0. The van der Waals surface area contributed by atoms with Gasteiger partial charge in [-0.15, -0.1) is 0 Å². The molecule has 0 atom stereocenters. The van der Waals surface area contributed by atoms with Crippen molar-refractivity contribution in [3.8, 4) is 0 Å². The second-order valence-corrected chi connectivity index (χ2v) is 0.236. The van der Waals surface area contributed by atoms with Crippen molar-refractivity contribution >= 4 is 25.8 Å². The Kier molecular flexibility index (Phi) is 22.0. The zero-order valence-corrected chi connectivity index (χ0v) is 1.86. The molecule has 0 aliphatic heterocycles. The normalized spacial score (nSPS) is 3.00. The van der Waals surface area contributed by atoms with Gasteiger partial charge in [-0.2, -0.15) is 0 Å². The van der Waals surface area contributed by atoms with Gasteiger partial charge in [0.25, 0.3) is 0 Å². The van der Waals surface area contributed by atoms with Crippen LogP contribution in [0.4, 0.5) is 0 Å². The SMILES string of the molecule is C=CN.[InH3]. The predicted octanol–water partition coefficient (Wildman–Crippen LogP) is -1.10. The van der Waals surface area contributed by atoms with Gasteiger partial charge in [-0.3, -0.25) is 0 Å². The number of hydrogen-bond acceptors (Lipinski definition) is 1. The maximum atomic E-state index is 4.61. The van der Waals surface area contributed by atoms with Crippen LogP contribution in [0.25, 0.3) is 0 Å². The summed E-state index contributed by atoms with van der Waals surface area (Å²) in [6.45, 7) is 3.14. The number of nitrogens with two attached hydrogens (primary N) is 1. The summed E-state index contributed by atoms with van der Waals surface area (Å²) in [4.78, 5) is 0. The first-order valence-corrected chi connectivity index (χ1v) is 0.742. The van der Waals surface area contributed by atoms with Crippen LogP contribution < -0.4 is 5.73 Å². The molecule has 1 nitrogen and oxygen atoms in total. The topological polar surface area (TPSA) is 26.0 Å². The van der Waals surface area contributed by atoms with E-state index in [-0.39, 0.29) is 25.8 Å². The quantitative estimate of drug-likeness (QED) is 0.479. The van der Waals surface area contributed by atoms with E-state index >= 15 is 0 Å². The maximum absolute atomic E-state index is 4.61. The molecule has 24 valence electrons. The minimum absolute atomic E-state index is 0. The van der Waals surface area contributed by atoms with E-state index in [9.17, 15) is 0 Å². The molecular weight excluding hydrogens is 153 g/mol. The van der Waals surface area contributed by atoms with Crippen molar-refractivity contribution in [1.29, 1.82) is 0 Å². The van der Waals surface area contributed by atoms with E-state index in [1.165, 1.54) is 6.20 Å². The Hall–Kier alpha value is 0.410. The summed E-state index contributed by atoms with van der Waals surface area (Å²) in [6, 6.07) is 0. The fourth-order valence-electron chi connectivity index (χ4n) is 0. The molecule has 0 spiro atoms. The molecule has 0 aliphatic rings. The van der Waals surface area contributed by atoms with E-state index < -0.39 is 0 Å². The van der Waals surface area contributed by atoms with Gasteiger partial charge in [0.15, 0.2) is 0 Å². The van der Waals surface area contributed by atoms with E-state index in [0.29, 0.717) is 0 Å². The van der Waals surface area contributed by atoms with Crippen molar-refractivity contribution in [3.05, 3.63) is 12.8 Å². The van der Waals surface area contributed by atoms with Crippen LogP contribution >= 0.6 is 0 Å². The average molecular weight is 161 g/mol. The first-order chi connectivity index (χ1) is 1.41. The Labute approximate surface area is 44.7 Å². The van der Waals surface area contributed by atoms with Crippen LogP contribution in [0.2, 0.25) is 0 Å². The van der Waals surface area contributed by atoms with Gasteiger partial charge >= 0.3 is 25.8 Å². The van der Waals surface area contributed by atoms with Gasteiger partial charge in [-0.1, -0.05) is 6.58 Å². The van der Waals surface area contributed by atoms with Crippen molar-refractivity contribution in [1.82, 2.24) is 0 Å². The van der Waals surface area contributed by atoms with Crippen LogP contribution in [0.1, 0.15) is 0 Å². The summed E-state index contributed by atoms with van der Waals surface area (Å²) in [7, 11) is 0. The standard InChI is InChI=1S/C2H5N.In.3H/c1-2-3;;;;/h2H,1,3H2;;;;. The summed E-state index contributed by atoms with van der Waals surface area (Å²) in [6.07, 6.45) is 1.25. The molecule has 0 fully saturated rings. The van der Waals surface area contributed by atoms with Gasteiger partial charge in [0.05, 0.1) is 0 Å². The molecule has 0 bridgehead atoms. The molecule has 0 saturated heterocycles. The van der Waals surface area contributed by atoms with Crippen molar-refractivity contribution in [2.75, 3.05) is 0 Å². The molecule has 0 radical (unpaired) electrons. The van der Waals surface area contributed by atoms with Gasteiger partial charge in [0.2, 0.25) is 0 Å². The molecule has 0 rings (SSSR count). The molecule has 2 heteroatoms. The van der Waals surface area contributed by atoms with Crippen LogP contribution in [0.3, 0.4) is 0 Å². The molecular formula is C2H8InN. The third-order valence-electron chi connectivity index (χ3n) is 0. The van der Waals surface area contributed by atoms with Crippen molar-refractivity contribution < 1.29 is 0 Å². The van der Waals surface area contributed by atoms with E-state index in [2.05, 4.69) is 12.3 Å². The van der Waals surface area contributed by atoms with Crippen LogP contribution in [0.5, 0.6) is 0 Å². The Morgan fingerprint density at radius 3 is 1.75 bits per heavy atom. The Morgan fingerprint density at radius 1 is 1.75 bits per heavy atom. The summed E-state index contributed by atoms with van der Waals surface area (Å²) in [5.74, 6) is 0. The van der Waals surface area contributed by atoms with Crippen LogP contribution in [-0.4, -0.2) is 25.8 Å². The van der Waals surface area contributed by atoms with Gasteiger partial charge in [-0.05, 0) is 6.20 Å². The second-order valence-electron chi connectivity index (χ2n) is 0.236. The van der Waals surface area contributed by atoms with Gasteiger partial charge in [0.1, 0.15) is 0 Å². The molecule has 4 heavy (non-hydrogen) atoms. The zero-order valence-electron chi connectivity index (χ0n) is 1.86. The van der Waals surface area contributed by atoms with Crippen molar-refractivity contribution in [2.45, 2.75) is 0 Å². The number of rotatable bonds is 0. The predicted molar refractivity (Wildman–Crippen MR) is 24.3 cm³/mol. The van der Waals surface area contributed by atoms with Crippen LogP contribution in [0, 0.1) is 0 Å². The van der Waals surface area contributed by atoms with Gasteiger partial charge in [0, 0.05) is 0 Å². The molecule has 0 heterocycles. The summed E-state index contributed by atoms with van der Waals surface area (Å²) in [5, 5.41) is 0. The van der Waals surface area contributed by atoms with Crippen LogP contribution in [-0.2, 0) is 0 Å². The van der Waals surface area contributed by atoms with E-state index in [1.807, 2.05) is 0 Å².